The van der Waals surface area contributed by atoms with Crippen molar-refractivity contribution in [2.24, 2.45) is 0 Å². The summed E-state index contributed by atoms with van der Waals surface area (Å²) in [4.78, 5) is 0. The fourth-order valence-electron chi connectivity index (χ4n) is 5.74. The van der Waals surface area contributed by atoms with Crippen molar-refractivity contribution in [1.82, 2.24) is 0 Å². The van der Waals surface area contributed by atoms with Gasteiger partial charge in [0, 0.05) is 0 Å². The lowest BCUT2D eigenvalue weighted by molar-refractivity contribution is -0.137. The summed E-state index contributed by atoms with van der Waals surface area (Å²) in [7, 11) is 0. The van der Waals surface area contributed by atoms with Crippen LogP contribution in [0.1, 0.15) is 5.56 Å². The van der Waals surface area contributed by atoms with Crippen LogP contribution in [0.4, 0.5) is 13.2 Å². The molecule has 7 aromatic carbocycles. The van der Waals surface area contributed by atoms with Crippen molar-refractivity contribution in [3.8, 4) is 22.3 Å². The molecule has 0 atom stereocenters. The SMILES string of the molecule is FC(F)(F)c1ccc(-c2c3ccccc3c(-c3ccc4c(ccc5ccccc54)c3)c3ccccc23)cc1. The second-order valence-electron chi connectivity index (χ2n) is 9.64. The van der Waals surface area contributed by atoms with Crippen LogP contribution in [0, 0.1) is 0 Å². The Morgan fingerprint density at radius 2 is 0.816 bits per heavy atom. The monoisotopic (exact) mass is 498 g/mol. The lowest BCUT2D eigenvalue weighted by Gasteiger charge is -2.18. The van der Waals surface area contributed by atoms with Crippen molar-refractivity contribution in [3.63, 3.8) is 0 Å². The number of hydrogen-bond donors (Lipinski definition) is 0. The van der Waals surface area contributed by atoms with Crippen LogP contribution in [0.5, 0.6) is 0 Å². The zero-order valence-corrected chi connectivity index (χ0v) is 20.3. The van der Waals surface area contributed by atoms with Gasteiger partial charge in [0.05, 0.1) is 5.56 Å². The van der Waals surface area contributed by atoms with Gasteiger partial charge in [0.2, 0.25) is 0 Å². The Bertz CT molecular complexity index is 1940. The van der Waals surface area contributed by atoms with Crippen LogP contribution in [0.2, 0.25) is 0 Å². The van der Waals surface area contributed by atoms with Crippen LogP contribution < -0.4 is 0 Å². The first-order chi connectivity index (χ1) is 18.5. The topological polar surface area (TPSA) is 0 Å². The molecule has 0 spiro atoms. The molecule has 0 aliphatic carbocycles. The molecule has 0 unspecified atom stereocenters. The molecule has 182 valence electrons. The van der Waals surface area contributed by atoms with Crippen molar-refractivity contribution in [1.29, 1.82) is 0 Å². The second-order valence-corrected chi connectivity index (χ2v) is 9.64. The Kier molecular flexibility index (Phi) is 5.02. The van der Waals surface area contributed by atoms with Crippen LogP contribution in [0.25, 0.3) is 65.3 Å². The van der Waals surface area contributed by atoms with E-state index >= 15 is 0 Å². The zero-order chi connectivity index (χ0) is 25.9. The molecule has 0 fully saturated rings. The first-order valence-electron chi connectivity index (χ1n) is 12.5. The number of rotatable bonds is 2. The Labute approximate surface area is 217 Å². The summed E-state index contributed by atoms with van der Waals surface area (Å²) < 4.78 is 39.8. The third-order valence-corrected chi connectivity index (χ3v) is 7.47. The maximum Gasteiger partial charge on any atom is 0.416 e. The summed E-state index contributed by atoms with van der Waals surface area (Å²) in [5.74, 6) is 0. The van der Waals surface area contributed by atoms with Crippen molar-refractivity contribution < 1.29 is 13.2 Å². The minimum absolute atomic E-state index is 0.643. The molecule has 0 aliphatic rings. The Balaban J connectivity index is 1.52. The average molecular weight is 499 g/mol. The number of fused-ring (bicyclic) bond motifs is 5. The van der Waals surface area contributed by atoms with Gasteiger partial charge in [-0.15, -0.1) is 0 Å². The van der Waals surface area contributed by atoms with Crippen LogP contribution in [-0.2, 0) is 6.18 Å². The Hall–Kier alpha value is -4.63. The molecule has 3 heteroatoms. The van der Waals surface area contributed by atoms with Gasteiger partial charge in [-0.3, -0.25) is 0 Å². The predicted molar refractivity (Wildman–Crippen MR) is 152 cm³/mol. The van der Waals surface area contributed by atoms with Gasteiger partial charge in [-0.2, -0.15) is 13.2 Å². The fraction of sp³-hybridized carbons (Fsp3) is 0.0286. The number of alkyl halides is 3. The average Bonchev–Trinajstić information content (AvgIpc) is 2.95. The quantitative estimate of drug-likeness (QED) is 0.164. The third kappa shape index (κ3) is 3.54. The molecule has 0 bridgehead atoms. The third-order valence-electron chi connectivity index (χ3n) is 7.47. The molecular weight excluding hydrogens is 477 g/mol. The van der Waals surface area contributed by atoms with Gasteiger partial charge in [0.15, 0.2) is 0 Å². The molecule has 0 aromatic heterocycles. The van der Waals surface area contributed by atoms with E-state index in [1.54, 1.807) is 12.1 Å². The highest BCUT2D eigenvalue weighted by Crippen LogP contribution is 2.44. The summed E-state index contributed by atoms with van der Waals surface area (Å²) in [5.41, 5.74) is 3.30. The number of hydrogen-bond acceptors (Lipinski definition) is 0. The fourth-order valence-corrected chi connectivity index (χ4v) is 5.74. The van der Waals surface area contributed by atoms with Crippen molar-refractivity contribution in [3.05, 3.63) is 133 Å². The van der Waals surface area contributed by atoms with Gasteiger partial charge in [-0.25, -0.2) is 0 Å². The largest absolute Gasteiger partial charge is 0.416 e. The van der Waals surface area contributed by atoms with Crippen molar-refractivity contribution in [2.45, 2.75) is 6.18 Å². The normalized spacial score (nSPS) is 12.1. The van der Waals surface area contributed by atoms with Gasteiger partial charge < -0.3 is 0 Å². The van der Waals surface area contributed by atoms with Crippen molar-refractivity contribution >= 4 is 43.1 Å². The molecule has 0 N–H and O–H groups in total. The van der Waals surface area contributed by atoms with Gasteiger partial charge in [-0.1, -0.05) is 109 Å². The predicted octanol–water partition coefficient (Wildman–Crippen LogP) is 10.7. The highest BCUT2D eigenvalue weighted by Gasteiger charge is 2.30. The number of benzene rings is 7. The first-order valence-corrected chi connectivity index (χ1v) is 12.5. The van der Waals surface area contributed by atoms with E-state index in [4.69, 9.17) is 0 Å². The van der Waals surface area contributed by atoms with Crippen LogP contribution in [0.15, 0.2) is 127 Å². The molecule has 7 rings (SSSR count). The second kappa shape index (κ2) is 8.46. The van der Waals surface area contributed by atoms with E-state index in [0.29, 0.717) is 0 Å². The summed E-state index contributed by atoms with van der Waals surface area (Å²) in [6.45, 7) is 0. The molecule has 0 heterocycles. The lowest BCUT2D eigenvalue weighted by atomic mass is 9.85. The molecule has 0 saturated carbocycles. The van der Waals surface area contributed by atoms with Crippen LogP contribution >= 0.6 is 0 Å². The van der Waals surface area contributed by atoms with Gasteiger partial charge in [0.1, 0.15) is 0 Å². The standard InChI is InChI=1S/C35H21F3/c36-35(37,38)26-18-15-23(16-19-26)33-29-9-3-5-11-31(29)34(32-12-6-4-10-30(32)33)25-17-20-28-24(21-25)14-13-22-7-1-2-8-27(22)28/h1-21H. The minimum atomic E-state index is -4.37. The molecule has 0 saturated heterocycles. The van der Waals surface area contributed by atoms with E-state index < -0.39 is 11.7 Å². The molecule has 7 aromatic rings. The Morgan fingerprint density at radius 1 is 0.368 bits per heavy atom. The minimum Gasteiger partial charge on any atom is -0.166 e. The molecule has 38 heavy (non-hydrogen) atoms. The van der Waals surface area contributed by atoms with Crippen LogP contribution in [0.3, 0.4) is 0 Å². The number of halogens is 3. The van der Waals surface area contributed by atoms with E-state index in [0.717, 1.165) is 43.8 Å². The molecule has 0 nitrogen and oxygen atoms in total. The van der Waals surface area contributed by atoms with E-state index in [9.17, 15) is 13.2 Å². The van der Waals surface area contributed by atoms with Crippen molar-refractivity contribution in [2.75, 3.05) is 0 Å². The summed E-state index contributed by atoms with van der Waals surface area (Å²) in [5, 5.41) is 8.98. The first kappa shape index (κ1) is 22.6. The molecular formula is C35H21F3. The van der Waals surface area contributed by atoms with Crippen LogP contribution in [-0.4, -0.2) is 0 Å². The smallest absolute Gasteiger partial charge is 0.166 e. The van der Waals surface area contributed by atoms with E-state index in [2.05, 4.69) is 78.9 Å². The van der Waals surface area contributed by atoms with Gasteiger partial charge in [-0.05, 0) is 83.5 Å². The Morgan fingerprint density at radius 3 is 1.39 bits per heavy atom. The van der Waals surface area contributed by atoms with Gasteiger partial charge >= 0.3 is 6.18 Å². The zero-order valence-electron chi connectivity index (χ0n) is 20.3. The molecule has 0 amide bonds. The van der Waals surface area contributed by atoms with E-state index in [-0.39, 0.29) is 0 Å². The highest BCUT2D eigenvalue weighted by atomic mass is 19.4. The summed E-state index contributed by atoms with van der Waals surface area (Å²) in [6, 6.07) is 41.2. The summed E-state index contributed by atoms with van der Waals surface area (Å²) in [6.07, 6.45) is -4.37. The molecule has 0 radical (unpaired) electrons. The lowest BCUT2D eigenvalue weighted by Crippen LogP contribution is -2.04. The molecule has 0 aliphatic heterocycles. The van der Waals surface area contributed by atoms with Gasteiger partial charge in [0.25, 0.3) is 0 Å². The maximum atomic E-state index is 13.3. The highest BCUT2D eigenvalue weighted by molar-refractivity contribution is 6.22. The van der Waals surface area contributed by atoms with E-state index in [1.165, 1.54) is 33.7 Å². The maximum absolute atomic E-state index is 13.3. The summed E-state index contributed by atoms with van der Waals surface area (Å²) >= 11 is 0. The van der Waals surface area contributed by atoms with E-state index in [1.807, 2.05) is 24.3 Å².